The van der Waals surface area contributed by atoms with Crippen LogP contribution in [0.25, 0.3) is 0 Å². The molecule has 0 aliphatic carbocycles. The molecule has 0 aliphatic heterocycles. The Bertz CT molecular complexity index is 735. The standard InChI is InChI=1S/C15H13BrClN3O2/c1-9-4-2-3-5-13(9)19-15(22)20-18-8-10-6-11(16)7-12(17)14(10)21/h2-8,21H,1H3,(H2,19,20,22)/b18-8+. The number of aromatic hydroxyl groups is 1. The highest BCUT2D eigenvalue weighted by molar-refractivity contribution is 9.10. The second-order valence-electron chi connectivity index (χ2n) is 4.46. The van der Waals surface area contributed by atoms with Gasteiger partial charge in [0.25, 0.3) is 0 Å². The third-order valence-electron chi connectivity index (χ3n) is 2.82. The maximum Gasteiger partial charge on any atom is 0.339 e. The molecule has 0 atom stereocenters. The number of phenols is 1. The predicted octanol–water partition coefficient (Wildman–Crippen LogP) is 4.27. The van der Waals surface area contributed by atoms with Crippen molar-refractivity contribution in [3.05, 3.63) is 57.0 Å². The zero-order valence-electron chi connectivity index (χ0n) is 11.6. The zero-order chi connectivity index (χ0) is 16.1. The van der Waals surface area contributed by atoms with Crippen LogP contribution >= 0.6 is 27.5 Å². The number of halogens is 2. The molecule has 2 amide bonds. The molecule has 0 saturated heterocycles. The Kier molecular flexibility index (Phi) is 5.41. The van der Waals surface area contributed by atoms with Crippen molar-refractivity contribution in [2.24, 2.45) is 5.10 Å². The molecule has 0 bridgehead atoms. The number of benzene rings is 2. The highest BCUT2D eigenvalue weighted by atomic mass is 79.9. The molecule has 0 heterocycles. The van der Waals surface area contributed by atoms with Crippen molar-refractivity contribution in [2.75, 3.05) is 5.32 Å². The molecule has 2 aromatic rings. The molecule has 2 aromatic carbocycles. The lowest BCUT2D eigenvalue weighted by Crippen LogP contribution is -2.24. The van der Waals surface area contributed by atoms with Gasteiger partial charge in [-0.15, -0.1) is 0 Å². The van der Waals surface area contributed by atoms with E-state index in [1.54, 1.807) is 18.2 Å². The molecule has 7 heteroatoms. The van der Waals surface area contributed by atoms with Crippen LogP contribution in [-0.2, 0) is 0 Å². The number of carbonyl (C=O) groups excluding carboxylic acids is 1. The first-order valence-electron chi connectivity index (χ1n) is 6.31. The summed E-state index contributed by atoms with van der Waals surface area (Å²) < 4.78 is 0.695. The number of hydrogen-bond acceptors (Lipinski definition) is 3. The first-order valence-corrected chi connectivity index (χ1v) is 7.48. The number of nitrogens with zero attached hydrogens (tertiary/aromatic N) is 1. The molecule has 3 N–H and O–H groups in total. The molecule has 0 fully saturated rings. The van der Waals surface area contributed by atoms with Gasteiger partial charge in [0.2, 0.25) is 0 Å². The van der Waals surface area contributed by atoms with Crippen molar-refractivity contribution >= 4 is 45.5 Å². The van der Waals surface area contributed by atoms with Crippen LogP contribution in [0.2, 0.25) is 5.02 Å². The molecule has 0 unspecified atom stereocenters. The topological polar surface area (TPSA) is 73.7 Å². The number of hydrogen-bond donors (Lipinski definition) is 3. The number of amides is 2. The number of urea groups is 1. The fourth-order valence-corrected chi connectivity index (χ4v) is 2.54. The molecule has 5 nitrogen and oxygen atoms in total. The van der Waals surface area contributed by atoms with Gasteiger partial charge in [-0.3, -0.25) is 0 Å². The number of phenolic OH excluding ortho intramolecular Hbond substituents is 1. The minimum atomic E-state index is -0.480. The lowest BCUT2D eigenvalue weighted by molar-refractivity contribution is 0.252. The first kappa shape index (κ1) is 16.3. The Balaban J connectivity index is 2.01. The summed E-state index contributed by atoms with van der Waals surface area (Å²) in [5.41, 5.74) is 4.35. The first-order chi connectivity index (χ1) is 10.5. The van der Waals surface area contributed by atoms with Crippen LogP contribution in [0.5, 0.6) is 5.75 Å². The summed E-state index contributed by atoms with van der Waals surface area (Å²) in [5.74, 6) is -0.102. The summed E-state index contributed by atoms with van der Waals surface area (Å²) >= 11 is 9.11. The van der Waals surface area contributed by atoms with Gasteiger partial charge in [0.1, 0.15) is 5.75 Å². The molecule has 0 saturated carbocycles. The summed E-state index contributed by atoms with van der Waals surface area (Å²) in [6, 6.07) is 10.1. The maximum atomic E-state index is 11.7. The second-order valence-corrected chi connectivity index (χ2v) is 5.79. The summed E-state index contributed by atoms with van der Waals surface area (Å²) in [6.07, 6.45) is 1.31. The number of para-hydroxylation sites is 1. The van der Waals surface area contributed by atoms with E-state index >= 15 is 0 Å². The van der Waals surface area contributed by atoms with E-state index in [0.717, 1.165) is 5.56 Å². The lowest BCUT2D eigenvalue weighted by atomic mass is 10.2. The van der Waals surface area contributed by atoms with Crippen molar-refractivity contribution in [3.63, 3.8) is 0 Å². The number of aryl methyl sites for hydroxylation is 1. The number of rotatable bonds is 3. The number of hydrazone groups is 1. The lowest BCUT2D eigenvalue weighted by Gasteiger charge is -2.07. The Morgan fingerprint density at radius 2 is 2.09 bits per heavy atom. The molecular formula is C15H13BrClN3O2. The van der Waals surface area contributed by atoms with E-state index in [4.69, 9.17) is 11.6 Å². The van der Waals surface area contributed by atoms with E-state index in [-0.39, 0.29) is 10.8 Å². The summed E-state index contributed by atoms with van der Waals surface area (Å²) in [7, 11) is 0. The quantitative estimate of drug-likeness (QED) is 0.548. The van der Waals surface area contributed by atoms with Gasteiger partial charge in [0.15, 0.2) is 0 Å². The van der Waals surface area contributed by atoms with Crippen LogP contribution in [0, 0.1) is 6.92 Å². The van der Waals surface area contributed by atoms with Crippen molar-refractivity contribution in [1.29, 1.82) is 0 Å². The van der Waals surface area contributed by atoms with Crippen molar-refractivity contribution < 1.29 is 9.90 Å². The fourth-order valence-electron chi connectivity index (χ4n) is 1.71. The van der Waals surface area contributed by atoms with E-state index in [9.17, 15) is 9.90 Å². The van der Waals surface area contributed by atoms with E-state index < -0.39 is 6.03 Å². The molecule has 114 valence electrons. The highest BCUT2D eigenvalue weighted by Crippen LogP contribution is 2.30. The van der Waals surface area contributed by atoms with Gasteiger partial charge in [0, 0.05) is 15.7 Å². The van der Waals surface area contributed by atoms with Crippen LogP contribution in [-0.4, -0.2) is 17.4 Å². The summed E-state index contributed by atoms with van der Waals surface area (Å²) in [5, 5.41) is 16.4. The Hall–Kier alpha value is -2.05. The minimum Gasteiger partial charge on any atom is -0.506 e. The Morgan fingerprint density at radius 1 is 1.36 bits per heavy atom. The van der Waals surface area contributed by atoms with Crippen LogP contribution in [0.1, 0.15) is 11.1 Å². The predicted molar refractivity (Wildman–Crippen MR) is 91.7 cm³/mol. The second kappa shape index (κ2) is 7.29. The van der Waals surface area contributed by atoms with Crippen LogP contribution in [0.4, 0.5) is 10.5 Å². The van der Waals surface area contributed by atoms with Gasteiger partial charge in [0.05, 0.1) is 11.2 Å². The summed E-state index contributed by atoms with van der Waals surface area (Å²) in [4.78, 5) is 11.7. The SMILES string of the molecule is Cc1ccccc1NC(=O)N/N=C/c1cc(Br)cc(Cl)c1O. The molecule has 0 radical (unpaired) electrons. The third kappa shape index (κ3) is 4.22. The fraction of sp³-hybridized carbons (Fsp3) is 0.0667. The highest BCUT2D eigenvalue weighted by Gasteiger charge is 2.06. The van der Waals surface area contributed by atoms with E-state index in [0.29, 0.717) is 15.7 Å². The van der Waals surface area contributed by atoms with Crippen molar-refractivity contribution in [1.82, 2.24) is 5.43 Å². The number of carbonyl (C=O) groups is 1. The molecule has 0 aliphatic rings. The summed E-state index contributed by atoms with van der Waals surface area (Å²) in [6.45, 7) is 1.89. The van der Waals surface area contributed by atoms with Crippen LogP contribution < -0.4 is 10.7 Å². The van der Waals surface area contributed by atoms with E-state index in [1.807, 2.05) is 25.1 Å². The zero-order valence-corrected chi connectivity index (χ0v) is 13.9. The van der Waals surface area contributed by atoms with Crippen LogP contribution in [0.15, 0.2) is 46.0 Å². The molecule has 22 heavy (non-hydrogen) atoms. The average molecular weight is 383 g/mol. The maximum absolute atomic E-state index is 11.7. The van der Waals surface area contributed by atoms with Gasteiger partial charge in [-0.25, -0.2) is 10.2 Å². The van der Waals surface area contributed by atoms with E-state index in [2.05, 4.69) is 31.8 Å². The van der Waals surface area contributed by atoms with Crippen molar-refractivity contribution in [3.8, 4) is 5.75 Å². The monoisotopic (exact) mass is 381 g/mol. The van der Waals surface area contributed by atoms with Gasteiger partial charge < -0.3 is 10.4 Å². The normalized spacial score (nSPS) is 10.7. The molecule has 2 rings (SSSR count). The average Bonchev–Trinajstić information content (AvgIpc) is 2.46. The van der Waals surface area contributed by atoms with Gasteiger partial charge in [-0.05, 0) is 30.7 Å². The Labute approximate surface area is 141 Å². The smallest absolute Gasteiger partial charge is 0.339 e. The van der Waals surface area contributed by atoms with Crippen molar-refractivity contribution in [2.45, 2.75) is 6.92 Å². The van der Waals surface area contributed by atoms with Gasteiger partial charge in [-0.1, -0.05) is 45.7 Å². The minimum absolute atomic E-state index is 0.102. The molecular weight excluding hydrogens is 370 g/mol. The van der Waals surface area contributed by atoms with Gasteiger partial charge in [-0.2, -0.15) is 5.10 Å². The third-order valence-corrected chi connectivity index (χ3v) is 3.57. The Morgan fingerprint density at radius 3 is 2.82 bits per heavy atom. The number of anilines is 1. The van der Waals surface area contributed by atoms with Gasteiger partial charge >= 0.3 is 6.03 Å². The van der Waals surface area contributed by atoms with Crippen LogP contribution in [0.3, 0.4) is 0 Å². The molecule has 0 spiro atoms. The van der Waals surface area contributed by atoms with E-state index in [1.165, 1.54) is 6.21 Å². The largest absolute Gasteiger partial charge is 0.506 e. The number of nitrogens with one attached hydrogen (secondary N) is 2. The molecule has 0 aromatic heterocycles.